The number of rotatable bonds is 2. The van der Waals surface area contributed by atoms with Gasteiger partial charge in [-0.3, -0.25) is 4.79 Å². The van der Waals surface area contributed by atoms with Crippen LogP contribution in [-0.4, -0.2) is 25.8 Å². The zero-order chi connectivity index (χ0) is 12.3. The molecule has 0 bridgehead atoms. The van der Waals surface area contributed by atoms with Crippen LogP contribution in [0.5, 0.6) is 0 Å². The van der Waals surface area contributed by atoms with Gasteiger partial charge in [-0.25, -0.2) is 19.9 Å². The molecule has 0 aromatic carbocycles. The number of nitrogens with one attached hydrogen (secondary N) is 1. The van der Waals surface area contributed by atoms with E-state index in [0.29, 0.717) is 10.4 Å². The summed E-state index contributed by atoms with van der Waals surface area (Å²) in [6, 6.07) is 0. The van der Waals surface area contributed by atoms with Crippen molar-refractivity contribution in [2.75, 3.05) is 5.32 Å². The summed E-state index contributed by atoms with van der Waals surface area (Å²) in [4.78, 5) is 27.1. The SMILES string of the molecule is O=C(Nc1cnc(Br)cn1)c1cnc(Cl)cn1. The van der Waals surface area contributed by atoms with Crippen molar-refractivity contribution in [2.45, 2.75) is 0 Å². The van der Waals surface area contributed by atoms with Gasteiger partial charge in [-0.15, -0.1) is 0 Å². The molecule has 1 amide bonds. The largest absolute Gasteiger partial charge is 0.304 e. The molecule has 0 saturated heterocycles. The van der Waals surface area contributed by atoms with Gasteiger partial charge in [0.05, 0.1) is 24.8 Å². The molecule has 86 valence electrons. The summed E-state index contributed by atoms with van der Waals surface area (Å²) >= 11 is 8.70. The van der Waals surface area contributed by atoms with Gasteiger partial charge >= 0.3 is 0 Å². The maximum Gasteiger partial charge on any atom is 0.277 e. The molecule has 0 aliphatic heterocycles. The number of carbonyl (C=O) groups excluding carboxylic acids is 1. The minimum absolute atomic E-state index is 0.152. The van der Waals surface area contributed by atoms with E-state index >= 15 is 0 Å². The monoisotopic (exact) mass is 313 g/mol. The lowest BCUT2D eigenvalue weighted by atomic mass is 10.4. The van der Waals surface area contributed by atoms with Gasteiger partial charge in [0.1, 0.15) is 15.5 Å². The smallest absolute Gasteiger partial charge is 0.277 e. The normalized spacial score (nSPS) is 10.0. The number of amides is 1. The minimum atomic E-state index is -0.425. The summed E-state index contributed by atoms with van der Waals surface area (Å²) in [5.41, 5.74) is 0.152. The molecule has 2 heterocycles. The Labute approximate surface area is 110 Å². The van der Waals surface area contributed by atoms with Gasteiger partial charge in [0.2, 0.25) is 0 Å². The number of nitrogens with zero attached hydrogens (tertiary/aromatic N) is 4. The molecular weight excluding hydrogens is 309 g/mol. The summed E-state index contributed by atoms with van der Waals surface area (Å²) in [5, 5.41) is 2.75. The number of carbonyl (C=O) groups is 1. The molecule has 2 aromatic heterocycles. The molecule has 0 unspecified atom stereocenters. The van der Waals surface area contributed by atoms with Crippen LogP contribution in [0.25, 0.3) is 0 Å². The lowest BCUT2D eigenvalue weighted by molar-refractivity contribution is 0.102. The molecule has 0 radical (unpaired) electrons. The summed E-state index contributed by atoms with van der Waals surface area (Å²) in [6.07, 6.45) is 5.47. The van der Waals surface area contributed by atoms with Gasteiger partial charge in [0, 0.05) is 0 Å². The third kappa shape index (κ3) is 3.18. The van der Waals surface area contributed by atoms with Crippen molar-refractivity contribution in [1.29, 1.82) is 0 Å². The quantitative estimate of drug-likeness (QED) is 0.916. The van der Waals surface area contributed by atoms with E-state index in [4.69, 9.17) is 11.6 Å². The van der Waals surface area contributed by atoms with Crippen LogP contribution < -0.4 is 5.32 Å². The topological polar surface area (TPSA) is 80.7 Å². The van der Waals surface area contributed by atoms with Crippen LogP contribution in [0.4, 0.5) is 5.82 Å². The summed E-state index contributed by atoms with van der Waals surface area (Å²) in [5.74, 6) is -0.0965. The van der Waals surface area contributed by atoms with Crippen molar-refractivity contribution in [3.05, 3.63) is 40.2 Å². The summed E-state index contributed by atoms with van der Waals surface area (Å²) in [6.45, 7) is 0. The maximum absolute atomic E-state index is 11.7. The molecule has 0 atom stereocenters. The van der Waals surface area contributed by atoms with E-state index in [1.165, 1.54) is 24.8 Å². The molecule has 8 heteroatoms. The van der Waals surface area contributed by atoms with Gasteiger partial charge in [-0.2, -0.15) is 0 Å². The van der Waals surface area contributed by atoms with Crippen LogP contribution in [0.1, 0.15) is 10.5 Å². The second-order valence-corrected chi connectivity index (χ2v) is 4.10. The molecule has 0 aliphatic carbocycles. The Kier molecular flexibility index (Phi) is 3.60. The molecule has 0 fully saturated rings. The molecule has 17 heavy (non-hydrogen) atoms. The first-order valence-electron chi connectivity index (χ1n) is 4.41. The van der Waals surface area contributed by atoms with Crippen LogP contribution >= 0.6 is 27.5 Å². The third-order valence-corrected chi connectivity index (χ3v) is 2.32. The van der Waals surface area contributed by atoms with E-state index < -0.39 is 5.91 Å². The predicted molar refractivity (Wildman–Crippen MR) is 64.7 cm³/mol. The fourth-order valence-corrected chi connectivity index (χ4v) is 1.29. The number of anilines is 1. The van der Waals surface area contributed by atoms with Crippen LogP contribution in [-0.2, 0) is 0 Å². The predicted octanol–water partition coefficient (Wildman–Crippen LogP) is 1.93. The molecule has 2 aromatic rings. The van der Waals surface area contributed by atoms with Crippen molar-refractivity contribution in [3.8, 4) is 0 Å². The molecule has 0 saturated carbocycles. The lowest BCUT2D eigenvalue weighted by Crippen LogP contribution is -2.15. The van der Waals surface area contributed by atoms with E-state index in [-0.39, 0.29) is 10.8 Å². The van der Waals surface area contributed by atoms with Crippen LogP contribution in [0.3, 0.4) is 0 Å². The van der Waals surface area contributed by atoms with Gasteiger partial charge in [-0.05, 0) is 15.9 Å². The number of halogens is 2. The summed E-state index contributed by atoms with van der Waals surface area (Å²) in [7, 11) is 0. The number of hydrogen-bond acceptors (Lipinski definition) is 5. The van der Waals surface area contributed by atoms with Crippen molar-refractivity contribution in [2.24, 2.45) is 0 Å². The van der Waals surface area contributed by atoms with Gasteiger partial charge in [-0.1, -0.05) is 11.6 Å². The Morgan fingerprint density at radius 3 is 2.53 bits per heavy atom. The van der Waals surface area contributed by atoms with Crippen molar-refractivity contribution >= 4 is 39.3 Å². The van der Waals surface area contributed by atoms with E-state index in [0.717, 1.165) is 0 Å². The molecule has 1 N–H and O–H groups in total. The Hall–Kier alpha value is -1.60. The average molecular weight is 315 g/mol. The van der Waals surface area contributed by atoms with E-state index in [1.54, 1.807) is 0 Å². The molecule has 0 aliphatic rings. The Morgan fingerprint density at radius 2 is 1.94 bits per heavy atom. The highest BCUT2D eigenvalue weighted by atomic mass is 79.9. The van der Waals surface area contributed by atoms with Crippen molar-refractivity contribution in [1.82, 2.24) is 19.9 Å². The Balaban J connectivity index is 2.11. The Morgan fingerprint density at radius 1 is 1.12 bits per heavy atom. The minimum Gasteiger partial charge on any atom is -0.304 e. The Bertz CT molecular complexity index is 530. The average Bonchev–Trinajstić information content (AvgIpc) is 2.33. The fourth-order valence-electron chi connectivity index (χ4n) is 0.987. The molecule has 0 spiro atoms. The van der Waals surface area contributed by atoms with Crippen LogP contribution in [0.15, 0.2) is 29.4 Å². The zero-order valence-corrected chi connectivity index (χ0v) is 10.6. The maximum atomic E-state index is 11.7. The lowest BCUT2D eigenvalue weighted by Gasteiger charge is -2.02. The zero-order valence-electron chi connectivity index (χ0n) is 8.26. The van der Waals surface area contributed by atoms with Crippen molar-refractivity contribution < 1.29 is 4.79 Å². The number of hydrogen-bond donors (Lipinski definition) is 1. The van der Waals surface area contributed by atoms with Gasteiger partial charge in [0.15, 0.2) is 5.82 Å². The second-order valence-electron chi connectivity index (χ2n) is 2.90. The van der Waals surface area contributed by atoms with E-state index in [1.807, 2.05) is 0 Å². The standard InChI is InChI=1S/C9H5BrClN5O/c10-6-2-15-8(4-13-6)16-9(17)5-1-14-7(11)3-12-5/h1-4H,(H,15,16,17). The van der Waals surface area contributed by atoms with Gasteiger partial charge in [0.25, 0.3) is 5.91 Å². The first-order valence-corrected chi connectivity index (χ1v) is 5.58. The van der Waals surface area contributed by atoms with Crippen LogP contribution in [0.2, 0.25) is 5.15 Å². The van der Waals surface area contributed by atoms with E-state index in [2.05, 4.69) is 41.2 Å². The van der Waals surface area contributed by atoms with Crippen LogP contribution in [0, 0.1) is 0 Å². The first-order chi connectivity index (χ1) is 8.15. The molecular formula is C9H5BrClN5O. The highest BCUT2D eigenvalue weighted by Crippen LogP contribution is 2.08. The highest BCUT2D eigenvalue weighted by molar-refractivity contribution is 9.10. The van der Waals surface area contributed by atoms with E-state index in [9.17, 15) is 4.79 Å². The second kappa shape index (κ2) is 5.15. The molecule has 2 rings (SSSR count). The number of aromatic nitrogens is 4. The fraction of sp³-hybridized carbons (Fsp3) is 0. The van der Waals surface area contributed by atoms with Crippen molar-refractivity contribution in [3.63, 3.8) is 0 Å². The summed E-state index contributed by atoms with van der Waals surface area (Å²) < 4.78 is 0.585. The first kappa shape index (κ1) is 11.9. The molecule has 6 nitrogen and oxygen atoms in total. The third-order valence-electron chi connectivity index (χ3n) is 1.71. The highest BCUT2D eigenvalue weighted by Gasteiger charge is 2.08. The van der Waals surface area contributed by atoms with Gasteiger partial charge < -0.3 is 5.32 Å².